The van der Waals surface area contributed by atoms with Gasteiger partial charge in [0.2, 0.25) is 0 Å². The number of aromatic nitrogens is 3. The van der Waals surface area contributed by atoms with Crippen molar-refractivity contribution in [1.82, 2.24) is 19.9 Å². The molecule has 0 amide bonds. The molecule has 0 aromatic carbocycles. The summed E-state index contributed by atoms with van der Waals surface area (Å²) in [5.74, 6) is 0. The van der Waals surface area contributed by atoms with E-state index in [1.54, 1.807) is 0 Å². The molecule has 3 rings (SSSR count). The Kier molecular flexibility index (Phi) is 3.37. The van der Waals surface area contributed by atoms with Crippen molar-refractivity contribution in [2.45, 2.75) is 38.4 Å². The van der Waals surface area contributed by atoms with Crippen molar-refractivity contribution < 1.29 is 0 Å². The van der Waals surface area contributed by atoms with Crippen molar-refractivity contribution in [3.05, 3.63) is 48.3 Å². The lowest BCUT2D eigenvalue weighted by Crippen LogP contribution is -2.18. The van der Waals surface area contributed by atoms with Crippen LogP contribution in [-0.2, 0) is 19.5 Å². The van der Waals surface area contributed by atoms with Crippen molar-refractivity contribution >= 4 is 0 Å². The van der Waals surface area contributed by atoms with Crippen molar-refractivity contribution in [3.8, 4) is 0 Å². The molecule has 2 aromatic rings. The minimum absolute atomic E-state index is 0.742. The summed E-state index contributed by atoms with van der Waals surface area (Å²) < 4.78 is 2.22. The zero-order valence-electron chi connectivity index (χ0n) is 10.4. The van der Waals surface area contributed by atoms with E-state index in [4.69, 9.17) is 0 Å². The highest BCUT2D eigenvalue weighted by molar-refractivity contribution is 5.09. The average molecular weight is 242 g/mol. The lowest BCUT2D eigenvalue weighted by atomic mass is 10.2. The Morgan fingerprint density at radius 2 is 2.22 bits per heavy atom. The molecule has 0 radical (unpaired) electrons. The van der Waals surface area contributed by atoms with Gasteiger partial charge in [0.1, 0.15) is 0 Å². The molecule has 0 saturated heterocycles. The minimum Gasteiger partial charge on any atom is -0.333 e. The summed E-state index contributed by atoms with van der Waals surface area (Å²) in [5, 5.41) is 3.52. The normalized spacial score (nSPS) is 14.9. The minimum atomic E-state index is 0.742. The lowest BCUT2D eigenvalue weighted by Gasteiger charge is -2.08. The van der Waals surface area contributed by atoms with Crippen LogP contribution >= 0.6 is 0 Å². The molecule has 4 heteroatoms. The Labute approximate surface area is 107 Å². The van der Waals surface area contributed by atoms with E-state index in [9.17, 15) is 0 Å². The van der Waals surface area contributed by atoms with E-state index >= 15 is 0 Å². The van der Waals surface area contributed by atoms with Gasteiger partial charge in [-0.25, -0.2) is 4.98 Å². The number of pyridine rings is 1. The highest BCUT2D eigenvalue weighted by Crippen LogP contribution is 2.19. The number of nitrogens with zero attached hydrogens (tertiary/aromatic N) is 3. The van der Waals surface area contributed by atoms with Crippen molar-refractivity contribution in [3.63, 3.8) is 0 Å². The van der Waals surface area contributed by atoms with Gasteiger partial charge >= 0.3 is 0 Å². The zero-order valence-corrected chi connectivity index (χ0v) is 10.4. The van der Waals surface area contributed by atoms with E-state index in [-0.39, 0.29) is 0 Å². The van der Waals surface area contributed by atoms with E-state index in [1.165, 1.54) is 24.1 Å². The van der Waals surface area contributed by atoms with E-state index < -0.39 is 0 Å². The maximum absolute atomic E-state index is 4.24. The Hall–Kier alpha value is -1.68. The molecule has 4 nitrogen and oxygen atoms in total. The first-order valence-electron chi connectivity index (χ1n) is 6.53. The van der Waals surface area contributed by atoms with Crippen molar-refractivity contribution in [2.24, 2.45) is 0 Å². The molecule has 1 aliphatic carbocycles. The summed E-state index contributed by atoms with van der Waals surface area (Å²) in [7, 11) is 0. The van der Waals surface area contributed by atoms with Crippen LogP contribution in [0.15, 0.2) is 37.1 Å². The number of aryl methyl sites for hydroxylation is 2. The fourth-order valence-corrected chi connectivity index (χ4v) is 2.03. The van der Waals surface area contributed by atoms with Crippen LogP contribution < -0.4 is 5.32 Å². The van der Waals surface area contributed by atoms with Gasteiger partial charge in [0.15, 0.2) is 0 Å². The fourth-order valence-electron chi connectivity index (χ4n) is 2.03. The number of imidazole rings is 1. The van der Waals surface area contributed by atoms with Crippen LogP contribution in [0, 0.1) is 0 Å². The van der Waals surface area contributed by atoms with E-state index in [0.717, 1.165) is 25.6 Å². The van der Waals surface area contributed by atoms with Crippen LogP contribution in [-0.4, -0.2) is 20.6 Å². The largest absolute Gasteiger partial charge is 0.333 e. The van der Waals surface area contributed by atoms with Crippen molar-refractivity contribution in [2.75, 3.05) is 0 Å². The van der Waals surface area contributed by atoms with E-state index in [0.29, 0.717) is 0 Å². The molecule has 2 heterocycles. The van der Waals surface area contributed by atoms with Crippen LogP contribution in [0.5, 0.6) is 0 Å². The van der Waals surface area contributed by atoms with Gasteiger partial charge in [-0.1, -0.05) is 6.07 Å². The molecule has 1 N–H and O–H groups in total. The summed E-state index contributed by atoms with van der Waals surface area (Å²) in [5.41, 5.74) is 2.54. The number of hydrogen-bond donors (Lipinski definition) is 1. The van der Waals surface area contributed by atoms with Crippen LogP contribution in [0.1, 0.15) is 24.1 Å². The molecule has 1 fully saturated rings. The Morgan fingerprint density at radius 3 is 3.00 bits per heavy atom. The van der Waals surface area contributed by atoms with E-state index in [1.807, 2.05) is 31.0 Å². The van der Waals surface area contributed by atoms with Crippen molar-refractivity contribution in [1.29, 1.82) is 0 Å². The fraction of sp³-hybridized carbons (Fsp3) is 0.429. The first kappa shape index (κ1) is 11.4. The quantitative estimate of drug-likeness (QED) is 0.839. The van der Waals surface area contributed by atoms with Crippen LogP contribution in [0.25, 0.3) is 0 Å². The third-order valence-corrected chi connectivity index (χ3v) is 3.31. The third-order valence-electron chi connectivity index (χ3n) is 3.31. The molecule has 94 valence electrons. The molecule has 0 bridgehead atoms. The molecule has 18 heavy (non-hydrogen) atoms. The van der Waals surface area contributed by atoms with Gasteiger partial charge in [-0.05, 0) is 30.9 Å². The highest BCUT2D eigenvalue weighted by Gasteiger charge is 2.20. The molecule has 0 aliphatic heterocycles. The van der Waals surface area contributed by atoms with Crippen LogP contribution in [0.4, 0.5) is 0 Å². The number of hydrogen-bond acceptors (Lipinski definition) is 3. The average Bonchev–Trinajstić information content (AvgIpc) is 3.14. The Morgan fingerprint density at radius 1 is 1.28 bits per heavy atom. The Balaban J connectivity index is 1.56. The third kappa shape index (κ3) is 2.96. The van der Waals surface area contributed by atoms with E-state index in [2.05, 4.69) is 25.9 Å². The highest BCUT2D eigenvalue weighted by atomic mass is 15.1. The molecular weight excluding hydrogens is 224 g/mol. The zero-order chi connectivity index (χ0) is 12.2. The topological polar surface area (TPSA) is 42.7 Å². The molecule has 0 atom stereocenters. The lowest BCUT2D eigenvalue weighted by molar-refractivity contribution is 0.605. The molecular formula is C14H18N4. The molecule has 1 saturated carbocycles. The first-order valence-corrected chi connectivity index (χ1v) is 6.53. The molecule has 0 spiro atoms. The smallest absolute Gasteiger partial charge is 0.0948 e. The molecule has 2 aromatic heterocycles. The SMILES string of the molecule is c1cncc(CCn2cncc2CNC2CC2)c1. The van der Waals surface area contributed by atoms with Gasteiger partial charge in [-0.15, -0.1) is 0 Å². The number of nitrogens with one attached hydrogen (secondary N) is 1. The summed E-state index contributed by atoms with van der Waals surface area (Å²) >= 11 is 0. The van der Waals surface area contributed by atoms with Gasteiger partial charge in [0, 0.05) is 37.7 Å². The summed E-state index contributed by atoms with van der Waals surface area (Å²) in [6, 6.07) is 4.84. The van der Waals surface area contributed by atoms with Gasteiger partial charge in [0.25, 0.3) is 0 Å². The molecule has 0 unspecified atom stereocenters. The molecule has 1 aliphatic rings. The van der Waals surface area contributed by atoms with Crippen LogP contribution in [0.3, 0.4) is 0 Å². The Bertz CT molecular complexity index is 488. The monoisotopic (exact) mass is 242 g/mol. The number of rotatable bonds is 6. The predicted molar refractivity (Wildman–Crippen MR) is 70.0 cm³/mol. The van der Waals surface area contributed by atoms with Gasteiger partial charge in [0.05, 0.1) is 12.0 Å². The van der Waals surface area contributed by atoms with Gasteiger partial charge < -0.3 is 9.88 Å². The van der Waals surface area contributed by atoms with Gasteiger partial charge in [-0.3, -0.25) is 4.98 Å². The summed E-state index contributed by atoms with van der Waals surface area (Å²) in [6.45, 7) is 1.89. The standard InChI is InChI=1S/C14H18N4/c1-2-12(8-15-6-1)5-7-18-11-16-9-14(18)10-17-13-3-4-13/h1-2,6,8-9,11,13,17H,3-5,7,10H2. The second-order valence-electron chi connectivity index (χ2n) is 4.84. The second kappa shape index (κ2) is 5.31. The maximum atomic E-state index is 4.24. The predicted octanol–water partition coefficient (Wildman–Crippen LogP) is 1.77. The van der Waals surface area contributed by atoms with Gasteiger partial charge in [-0.2, -0.15) is 0 Å². The first-order chi connectivity index (χ1) is 8.92. The summed E-state index contributed by atoms with van der Waals surface area (Å²) in [6.07, 6.45) is 11.3. The maximum Gasteiger partial charge on any atom is 0.0948 e. The second-order valence-corrected chi connectivity index (χ2v) is 4.84. The summed E-state index contributed by atoms with van der Waals surface area (Å²) in [4.78, 5) is 8.38. The van der Waals surface area contributed by atoms with Crippen LogP contribution in [0.2, 0.25) is 0 Å².